The summed E-state index contributed by atoms with van der Waals surface area (Å²) in [5.41, 5.74) is 1.81. The Morgan fingerprint density at radius 3 is 2.38 bits per heavy atom. The summed E-state index contributed by atoms with van der Waals surface area (Å²) in [6, 6.07) is 16.1. The average Bonchev–Trinajstić information content (AvgIpc) is 2.49. The number of rotatable bonds is 5. The van der Waals surface area contributed by atoms with E-state index in [1.165, 1.54) is 17.7 Å². The van der Waals surface area contributed by atoms with Gasteiger partial charge in [0.2, 0.25) is 0 Å². The van der Waals surface area contributed by atoms with Gasteiger partial charge in [0.1, 0.15) is 11.9 Å². The van der Waals surface area contributed by atoms with Crippen LogP contribution in [0.15, 0.2) is 54.6 Å². The minimum absolute atomic E-state index is 0.0816. The molecule has 0 spiro atoms. The lowest BCUT2D eigenvalue weighted by Gasteiger charge is -2.21. The number of likely N-dealkylation sites (N-methyl/N-ethyl adjacent to an activating group) is 1. The second-order valence-electron chi connectivity index (χ2n) is 5.21. The summed E-state index contributed by atoms with van der Waals surface area (Å²) < 4.78 is 12.8. The normalized spacial score (nSPS) is 13.5. The third kappa shape index (κ3) is 4.39. The van der Waals surface area contributed by atoms with Crippen LogP contribution in [0.25, 0.3) is 0 Å². The van der Waals surface area contributed by atoms with Crippen molar-refractivity contribution in [1.82, 2.24) is 0 Å². The molecule has 1 unspecified atom stereocenters. The first-order chi connectivity index (χ1) is 10.1. The SMILES string of the molecule is C[C@@H](c1ccccc1)[NH+](C)CC(=O)Nc1ccc(F)cc1. The van der Waals surface area contributed by atoms with Gasteiger partial charge in [0, 0.05) is 11.3 Å². The number of anilines is 1. The first-order valence-corrected chi connectivity index (χ1v) is 6.99. The second kappa shape index (κ2) is 6.99. The molecule has 2 N–H and O–H groups in total. The molecule has 3 nitrogen and oxygen atoms in total. The maximum Gasteiger partial charge on any atom is 0.279 e. The first-order valence-electron chi connectivity index (χ1n) is 6.99. The fourth-order valence-electron chi connectivity index (χ4n) is 2.17. The zero-order valence-corrected chi connectivity index (χ0v) is 12.3. The number of halogens is 1. The molecular formula is C17H20FN2O+. The second-order valence-corrected chi connectivity index (χ2v) is 5.21. The van der Waals surface area contributed by atoms with Gasteiger partial charge in [-0.15, -0.1) is 0 Å². The lowest BCUT2D eigenvalue weighted by molar-refractivity contribution is -0.902. The molecule has 0 fully saturated rings. The number of carbonyl (C=O) groups excluding carboxylic acids is 1. The van der Waals surface area contributed by atoms with Crippen LogP contribution < -0.4 is 10.2 Å². The molecule has 2 aromatic rings. The van der Waals surface area contributed by atoms with Crippen molar-refractivity contribution in [2.45, 2.75) is 13.0 Å². The highest BCUT2D eigenvalue weighted by Gasteiger charge is 2.18. The number of carbonyl (C=O) groups is 1. The average molecular weight is 287 g/mol. The van der Waals surface area contributed by atoms with E-state index in [2.05, 4.69) is 24.4 Å². The number of amides is 1. The summed E-state index contributed by atoms with van der Waals surface area (Å²) >= 11 is 0. The Morgan fingerprint density at radius 2 is 1.76 bits per heavy atom. The molecule has 110 valence electrons. The van der Waals surface area contributed by atoms with E-state index in [1.807, 2.05) is 25.2 Å². The molecule has 0 heterocycles. The van der Waals surface area contributed by atoms with Gasteiger partial charge in [-0.25, -0.2) is 4.39 Å². The molecule has 1 amide bonds. The molecule has 21 heavy (non-hydrogen) atoms. The zero-order chi connectivity index (χ0) is 15.2. The molecule has 0 bridgehead atoms. The maximum atomic E-state index is 12.8. The largest absolute Gasteiger partial charge is 0.324 e. The Kier molecular flexibility index (Phi) is 5.06. The summed E-state index contributed by atoms with van der Waals surface area (Å²) in [6.45, 7) is 2.45. The molecule has 0 aliphatic rings. The number of hydrogen-bond acceptors (Lipinski definition) is 1. The Morgan fingerprint density at radius 1 is 1.14 bits per heavy atom. The van der Waals surface area contributed by atoms with Crippen molar-refractivity contribution in [3.63, 3.8) is 0 Å². The van der Waals surface area contributed by atoms with E-state index in [-0.39, 0.29) is 17.8 Å². The van der Waals surface area contributed by atoms with Crippen molar-refractivity contribution >= 4 is 11.6 Å². The molecule has 4 heteroatoms. The van der Waals surface area contributed by atoms with Gasteiger partial charge in [-0.1, -0.05) is 30.3 Å². The molecule has 2 atom stereocenters. The predicted octanol–water partition coefficient (Wildman–Crippen LogP) is 2.04. The lowest BCUT2D eigenvalue weighted by atomic mass is 10.1. The van der Waals surface area contributed by atoms with E-state index in [0.717, 1.165) is 4.90 Å². The minimum atomic E-state index is -0.312. The third-order valence-electron chi connectivity index (χ3n) is 3.61. The Labute approximate surface area is 124 Å². The van der Waals surface area contributed by atoms with Crippen molar-refractivity contribution in [3.05, 3.63) is 66.0 Å². The fourth-order valence-corrected chi connectivity index (χ4v) is 2.17. The molecule has 0 radical (unpaired) electrons. The fraction of sp³-hybridized carbons (Fsp3) is 0.235. The monoisotopic (exact) mass is 287 g/mol. The van der Waals surface area contributed by atoms with E-state index in [9.17, 15) is 9.18 Å². The molecule has 2 rings (SSSR count). The number of benzene rings is 2. The molecule has 2 aromatic carbocycles. The Hall–Kier alpha value is -2.20. The van der Waals surface area contributed by atoms with Gasteiger partial charge in [0.05, 0.1) is 7.05 Å². The van der Waals surface area contributed by atoms with Crippen LogP contribution in [0.5, 0.6) is 0 Å². The van der Waals surface area contributed by atoms with E-state index < -0.39 is 0 Å². The Bertz CT molecular complexity index is 583. The van der Waals surface area contributed by atoms with Gasteiger partial charge in [-0.3, -0.25) is 4.79 Å². The summed E-state index contributed by atoms with van der Waals surface area (Å²) in [6.07, 6.45) is 0. The van der Waals surface area contributed by atoms with Crippen LogP contribution in [-0.4, -0.2) is 19.5 Å². The van der Waals surface area contributed by atoms with Crippen molar-refractivity contribution in [2.24, 2.45) is 0 Å². The van der Waals surface area contributed by atoms with Gasteiger partial charge in [-0.05, 0) is 31.2 Å². The molecule has 0 aliphatic heterocycles. The van der Waals surface area contributed by atoms with Gasteiger partial charge >= 0.3 is 0 Å². The van der Waals surface area contributed by atoms with Crippen LogP contribution in [0.2, 0.25) is 0 Å². The highest BCUT2D eigenvalue weighted by molar-refractivity contribution is 5.91. The third-order valence-corrected chi connectivity index (χ3v) is 3.61. The quantitative estimate of drug-likeness (QED) is 0.867. The number of quaternary nitrogens is 1. The van der Waals surface area contributed by atoms with E-state index in [0.29, 0.717) is 12.2 Å². The van der Waals surface area contributed by atoms with E-state index in [1.54, 1.807) is 12.1 Å². The van der Waals surface area contributed by atoms with Crippen molar-refractivity contribution < 1.29 is 14.1 Å². The standard InChI is InChI=1S/C17H19FN2O/c1-13(14-6-4-3-5-7-14)20(2)12-17(21)19-16-10-8-15(18)9-11-16/h3-11,13H,12H2,1-2H3,(H,19,21)/p+1/t13-/m0/s1. The smallest absolute Gasteiger partial charge is 0.279 e. The Balaban J connectivity index is 1.91. The van der Waals surface area contributed by atoms with Crippen molar-refractivity contribution in [3.8, 4) is 0 Å². The zero-order valence-electron chi connectivity index (χ0n) is 12.3. The first kappa shape index (κ1) is 15.2. The van der Waals surface area contributed by atoms with E-state index in [4.69, 9.17) is 0 Å². The van der Waals surface area contributed by atoms with Crippen LogP contribution in [0.1, 0.15) is 18.5 Å². The molecular weight excluding hydrogens is 267 g/mol. The van der Waals surface area contributed by atoms with Crippen LogP contribution >= 0.6 is 0 Å². The van der Waals surface area contributed by atoms with Crippen LogP contribution in [0.4, 0.5) is 10.1 Å². The predicted molar refractivity (Wildman–Crippen MR) is 81.6 cm³/mol. The van der Waals surface area contributed by atoms with Gasteiger partial charge in [0.15, 0.2) is 6.54 Å². The highest BCUT2D eigenvalue weighted by atomic mass is 19.1. The van der Waals surface area contributed by atoms with Gasteiger partial charge in [-0.2, -0.15) is 0 Å². The van der Waals surface area contributed by atoms with Crippen LogP contribution in [-0.2, 0) is 4.79 Å². The molecule has 0 aromatic heterocycles. The lowest BCUT2D eigenvalue weighted by Crippen LogP contribution is -3.10. The van der Waals surface area contributed by atoms with Crippen molar-refractivity contribution in [1.29, 1.82) is 0 Å². The molecule has 0 aliphatic carbocycles. The van der Waals surface area contributed by atoms with Gasteiger partial charge in [0.25, 0.3) is 5.91 Å². The number of hydrogen-bond donors (Lipinski definition) is 2. The minimum Gasteiger partial charge on any atom is -0.324 e. The topological polar surface area (TPSA) is 33.5 Å². The number of nitrogens with one attached hydrogen (secondary N) is 2. The van der Waals surface area contributed by atoms with E-state index >= 15 is 0 Å². The summed E-state index contributed by atoms with van der Waals surface area (Å²) in [4.78, 5) is 13.1. The van der Waals surface area contributed by atoms with Gasteiger partial charge < -0.3 is 10.2 Å². The van der Waals surface area contributed by atoms with Crippen molar-refractivity contribution in [2.75, 3.05) is 18.9 Å². The summed E-state index contributed by atoms with van der Waals surface area (Å²) in [5.74, 6) is -0.393. The van der Waals surface area contributed by atoms with Crippen LogP contribution in [0, 0.1) is 5.82 Å². The molecule has 0 saturated carbocycles. The molecule has 0 saturated heterocycles. The highest BCUT2D eigenvalue weighted by Crippen LogP contribution is 2.09. The summed E-state index contributed by atoms with van der Waals surface area (Å²) in [5, 5.41) is 2.78. The van der Waals surface area contributed by atoms with Crippen LogP contribution in [0.3, 0.4) is 0 Å². The maximum absolute atomic E-state index is 12.8. The summed E-state index contributed by atoms with van der Waals surface area (Å²) in [7, 11) is 1.99.